The molecule has 2 N–H and O–H groups in total. The van der Waals surface area contributed by atoms with Crippen LogP contribution in [0, 0.1) is 11.8 Å². The molecule has 0 aliphatic heterocycles. The Balaban J connectivity index is 2.10. The third kappa shape index (κ3) is 6.22. The molecular weight excluding hydrogens is 218 g/mol. The Morgan fingerprint density at radius 1 is 0.833 bits per heavy atom. The zero-order valence-electron chi connectivity index (χ0n) is 12.8. The van der Waals surface area contributed by atoms with Crippen LogP contribution in [0.15, 0.2) is 0 Å². The first-order chi connectivity index (χ1) is 8.77. The SMILES string of the molecule is CCCCCCCCC1CC(CCC)CCC1N. The largest absolute Gasteiger partial charge is 0.327 e. The van der Waals surface area contributed by atoms with Crippen molar-refractivity contribution >= 4 is 0 Å². The molecule has 3 atom stereocenters. The topological polar surface area (TPSA) is 26.0 Å². The monoisotopic (exact) mass is 253 g/mol. The summed E-state index contributed by atoms with van der Waals surface area (Å²) in [6, 6.07) is 0.508. The van der Waals surface area contributed by atoms with E-state index in [1.165, 1.54) is 77.0 Å². The first-order valence-corrected chi connectivity index (χ1v) is 8.53. The van der Waals surface area contributed by atoms with Gasteiger partial charge in [0.05, 0.1) is 0 Å². The summed E-state index contributed by atoms with van der Waals surface area (Å²) >= 11 is 0. The van der Waals surface area contributed by atoms with Gasteiger partial charge in [-0.15, -0.1) is 0 Å². The molecule has 0 heterocycles. The second-order valence-corrected chi connectivity index (χ2v) is 6.45. The molecule has 1 heteroatoms. The standard InChI is InChI=1S/C17H35N/c1-3-5-6-7-8-9-11-16-14-15(10-4-2)12-13-17(16)18/h15-17H,3-14,18H2,1-2H3. The first kappa shape index (κ1) is 16.0. The van der Waals surface area contributed by atoms with E-state index in [1.807, 2.05) is 0 Å². The smallest absolute Gasteiger partial charge is 0.00673 e. The van der Waals surface area contributed by atoms with E-state index in [1.54, 1.807) is 0 Å². The van der Waals surface area contributed by atoms with E-state index in [2.05, 4.69) is 13.8 Å². The van der Waals surface area contributed by atoms with Crippen molar-refractivity contribution in [2.24, 2.45) is 17.6 Å². The minimum absolute atomic E-state index is 0.508. The lowest BCUT2D eigenvalue weighted by Gasteiger charge is -2.34. The van der Waals surface area contributed by atoms with E-state index in [0.29, 0.717) is 6.04 Å². The molecule has 3 unspecified atom stereocenters. The first-order valence-electron chi connectivity index (χ1n) is 8.53. The molecule has 0 saturated heterocycles. The molecule has 1 aliphatic carbocycles. The van der Waals surface area contributed by atoms with Gasteiger partial charge in [0.1, 0.15) is 0 Å². The van der Waals surface area contributed by atoms with E-state index >= 15 is 0 Å². The third-order valence-corrected chi connectivity index (χ3v) is 4.78. The Hall–Kier alpha value is -0.0400. The van der Waals surface area contributed by atoms with Crippen molar-refractivity contribution in [2.45, 2.75) is 96.9 Å². The maximum absolute atomic E-state index is 6.30. The maximum atomic E-state index is 6.30. The molecule has 0 aromatic heterocycles. The summed E-state index contributed by atoms with van der Waals surface area (Å²) in [7, 11) is 0. The van der Waals surface area contributed by atoms with Crippen molar-refractivity contribution < 1.29 is 0 Å². The van der Waals surface area contributed by atoms with Gasteiger partial charge in [-0.2, -0.15) is 0 Å². The maximum Gasteiger partial charge on any atom is 0.00673 e. The minimum Gasteiger partial charge on any atom is -0.327 e. The lowest BCUT2D eigenvalue weighted by molar-refractivity contribution is 0.208. The quantitative estimate of drug-likeness (QED) is 0.556. The van der Waals surface area contributed by atoms with Crippen molar-refractivity contribution in [1.29, 1.82) is 0 Å². The fourth-order valence-corrected chi connectivity index (χ4v) is 3.57. The van der Waals surface area contributed by atoms with Crippen molar-refractivity contribution in [3.05, 3.63) is 0 Å². The number of hydrogen-bond donors (Lipinski definition) is 1. The summed E-state index contributed by atoms with van der Waals surface area (Å²) < 4.78 is 0. The van der Waals surface area contributed by atoms with Gasteiger partial charge >= 0.3 is 0 Å². The van der Waals surface area contributed by atoms with E-state index in [9.17, 15) is 0 Å². The lowest BCUT2D eigenvalue weighted by Crippen LogP contribution is -2.36. The van der Waals surface area contributed by atoms with Crippen LogP contribution in [0.5, 0.6) is 0 Å². The van der Waals surface area contributed by atoms with Crippen molar-refractivity contribution in [2.75, 3.05) is 0 Å². The van der Waals surface area contributed by atoms with Gasteiger partial charge in [0.2, 0.25) is 0 Å². The highest BCUT2D eigenvalue weighted by molar-refractivity contribution is 4.82. The van der Waals surface area contributed by atoms with Crippen LogP contribution in [0.25, 0.3) is 0 Å². The number of hydrogen-bond acceptors (Lipinski definition) is 1. The van der Waals surface area contributed by atoms with Gasteiger partial charge in [-0.05, 0) is 37.5 Å². The summed E-state index contributed by atoms with van der Waals surface area (Å²) in [6.07, 6.45) is 16.8. The Labute approximate surface area is 115 Å². The van der Waals surface area contributed by atoms with Crippen LogP contribution in [0.1, 0.15) is 90.9 Å². The molecule has 108 valence electrons. The molecule has 0 amide bonds. The Morgan fingerprint density at radius 3 is 2.28 bits per heavy atom. The number of rotatable bonds is 9. The highest BCUT2D eigenvalue weighted by atomic mass is 14.7. The molecule has 0 aromatic carbocycles. The summed E-state index contributed by atoms with van der Waals surface area (Å²) in [6.45, 7) is 4.60. The van der Waals surface area contributed by atoms with Gasteiger partial charge in [-0.1, -0.05) is 65.2 Å². The molecular formula is C17H35N. The predicted molar refractivity (Wildman–Crippen MR) is 81.7 cm³/mol. The molecule has 0 bridgehead atoms. The molecule has 0 aromatic rings. The fraction of sp³-hybridized carbons (Fsp3) is 1.00. The van der Waals surface area contributed by atoms with E-state index < -0.39 is 0 Å². The number of nitrogens with two attached hydrogens (primary N) is 1. The molecule has 0 radical (unpaired) electrons. The van der Waals surface area contributed by atoms with Crippen molar-refractivity contribution in [1.82, 2.24) is 0 Å². The Bertz CT molecular complexity index is 190. The third-order valence-electron chi connectivity index (χ3n) is 4.78. The highest BCUT2D eigenvalue weighted by Gasteiger charge is 2.26. The Morgan fingerprint density at radius 2 is 1.56 bits per heavy atom. The second-order valence-electron chi connectivity index (χ2n) is 6.45. The van der Waals surface area contributed by atoms with Crippen LogP contribution in [-0.2, 0) is 0 Å². The molecule has 1 saturated carbocycles. The zero-order chi connectivity index (χ0) is 13.2. The normalized spacial score (nSPS) is 28.5. The highest BCUT2D eigenvalue weighted by Crippen LogP contribution is 2.34. The minimum atomic E-state index is 0.508. The van der Waals surface area contributed by atoms with E-state index in [-0.39, 0.29) is 0 Å². The Kier molecular flexibility index (Phi) is 8.75. The molecule has 1 rings (SSSR count). The summed E-state index contributed by atoms with van der Waals surface area (Å²) in [5.74, 6) is 1.82. The molecule has 1 fully saturated rings. The van der Waals surface area contributed by atoms with Gasteiger partial charge in [-0.25, -0.2) is 0 Å². The number of unbranched alkanes of at least 4 members (excludes halogenated alkanes) is 5. The van der Waals surface area contributed by atoms with E-state index in [4.69, 9.17) is 5.73 Å². The average Bonchev–Trinajstić information content (AvgIpc) is 2.37. The lowest BCUT2D eigenvalue weighted by atomic mass is 9.74. The van der Waals surface area contributed by atoms with Crippen molar-refractivity contribution in [3.63, 3.8) is 0 Å². The van der Waals surface area contributed by atoms with Crippen LogP contribution in [-0.4, -0.2) is 6.04 Å². The predicted octanol–water partition coefficient (Wildman–Crippen LogP) is 5.28. The zero-order valence-corrected chi connectivity index (χ0v) is 12.8. The van der Waals surface area contributed by atoms with Gasteiger partial charge < -0.3 is 5.73 Å². The van der Waals surface area contributed by atoms with Crippen molar-refractivity contribution in [3.8, 4) is 0 Å². The van der Waals surface area contributed by atoms with E-state index in [0.717, 1.165) is 11.8 Å². The molecule has 1 nitrogen and oxygen atoms in total. The van der Waals surface area contributed by atoms with Gasteiger partial charge in [0, 0.05) is 6.04 Å². The molecule has 1 aliphatic rings. The molecule has 0 spiro atoms. The molecule has 18 heavy (non-hydrogen) atoms. The van der Waals surface area contributed by atoms with Gasteiger partial charge in [0.15, 0.2) is 0 Å². The van der Waals surface area contributed by atoms with Crippen LogP contribution in [0.3, 0.4) is 0 Å². The van der Waals surface area contributed by atoms with Crippen LogP contribution in [0.2, 0.25) is 0 Å². The fourth-order valence-electron chi connectivity index (χ4n) is 3.57. The van der Waals surface area contributed by atoms with Crippen LogP contribution < -0.4 is 5.73 Å². The van der Waals surface area contributed by atoms with Gasteiger partial charge in [0.25, 0.3) is 0 Å². The summed E-state index contributed by atoms with van der Waals surface area (Å²) in [5, 5.41) is 0. The summed E-state index contributed by atoms with van der Waals surface area (Å²) in [4.78, 5) is 0. The van der Waals surface area contributed by atoms with Crippen LogP contribution >= 0.6 is 0 Å². The second kappa shape index (κ2) is 9.83. The van der Waals surface area contributed by atoms with Crippen LogP contribution in [0.4, 0.5) is 0 Å². The average molecular weight is 253 g/mol. The summed E-state index contributed by atoms with van der Waals surface area (Å²) in [5.41, 5.74) is 6.30. The van der Waals surface area contributed by atoms with Gasteiger partial charge in [-0.3, -0.25) is 0 Å².